The Hall–Kier alpha value is -0.950. The Kier molecular flexibility index (Phi) is 5.82. The fraction of sp³-hybridized carbons (Fsp3) is 0.862. The third-order valence-corrected chi connectivity index (χ3v) is 12.6. The van der Waals surface area contributed by atoms with E-state index in [-0.39, 0.29) is 59.0 Å². The predicted octanol–water partition coefficient (Wildman–Crippen LogP) is 4.93. The van der Waals surface area contributed by atoms with Crippen molar-refractivity contribution in [3.05, 3.63) is 12.2 Å². The molecule has 1 N–H and O–H groups in total. The van der Waals surface area contributed by atoms with E-state index in [0.29, 0.717) is 26.1 Å². The predicted molar refractivity (Wildman–Crippen MR) is 134 cm³/mol. The highest BCUT2D eigenvalue weighted by Crippen LogP contribution is 2.84. The van der Waals surface area contributed by atoms with Crippen LogP contribution in [-0.4, -0.2) is 54.5 Å². The zero-order valence-electron chi connectivity index (χ0n) is 22.0. The number of hydrogen-bond acceptors (Lipinski definition) is 5. The summed E-state index contributed by atoms with van der Waals surface area (Å²) in [5, 5.41) is 11.1. The number of ether oxygens (including phenoxy) is 3. The Morgan fingerprint density at radius 2 is 2.03 bits per heavy atom. The van der Waals surface area contributed by atoms with Crippen molar-refractivity contribution in [3.8, 4) is 0 Å². The van der Waals surface area contributed by atoms with Gasteiger partial charge in [0.1, 0.15) is 6.29 Å². The third-order valence-electron chi connectivity index (χ3n) is 12.0. The number of carboxylic acid groups (broad SMARTS) is 1. The van der Waals surface area contributed by atoms with Crippen molar-refractivity contribution in [2.24, 2.45) is 57.7 Å². The molecule has 6 fully saturated rings. The van der Waals surface area contributed by atoms with E-state index in [0.717, 1.165) is 31.1 Å². The van der Waals surface area contributed by atoms with E-state index in [1.54, 1.807) is 0 Å². The van der Waals surface area contributed by atoms with Gasteiger partial charge in [0.05, 0.1) is 30.8 Å². The Balaban J connectivity index is 1.40. The highest BCUT2D eigenvalue weighted by Gasteiger charge is 2.86. The summed E-state index contributed by atoms with van der Waals surface area (Å²) in [5.74, 6) is 0.155. The summed E-state index contributed by atoms with van der Waals surface area (Å²) < 4.78 is 18.8. The van der Waals surface area contributed by atoms with Crippen molar-refractivity contribution in [1.82, 2.24) is 0 Å². The van der Waals surface area contributed by atoms with Crippen molar-refractivity contribution >= 4 is 23.9 Å². The van der Waals surface area contributed by atoms with Gasteiger partial charge in [-0.1, -0.05) is 27.4 Å². The maximum Gasteiger partial charge on any atom is 0.311 e. The van der Waals surface area contributed by atoms with Gasteiger partial charge < -0.3 is 24.1 Å². The van der Waals surface area contributed by atoms with Gasteiger partial charge in [0.15, 0.2) is 6.29 Å². The number of alkyl halides is 1. The van der Waals surface area contributed by atoms with E-state index < -0.39 is 28.5 Å². The number of aliphatic carboxylic acids is 1. The molecule has 2 aliphatic heterocycles. The largest absolute Gasteiger partial charge is 0.481 e. The fourth-order valence-corrected chi connectivity index (χ4v) is 11.0. The van der Waals surface area contributed by atoms with Gasteiger partial charge in [-0.3, -0.25) is 4.79 Å². The van der Waals surface area contributed by atoms with Crippen molar-refractivity contribution in [3.63, 3.8) is 0 Å². The summed E-state index contributed by atoms with van der Waals surface area (Å²) in [5.41, 5.74) is -1.54. The second-order valence-electron chi connectivity index (χ2n) is 13.4. The molecule has 7 heteroatoms. The minimum Gasteiger partial charge on any atom is -0.481 e. The third kappa shape index (κ3) is 2.85. The Labute approximate surface area is 219 Å². The van der Waals surface area contributed by atoms with Gasteiger partial charge in [-0.05, 0) is 73.7 Å². The molecular weight excluding hydrogens is 480 g/mol. The first-order valence-electron chi connectivity index (χ1n) is 13.9. The first kappa shape index (κ1) is 25.3. The van der Waals surface area contributed by atoms with Gasteiger partial charge in [0, 0.05) is 28.5 Å². The van der Waals surface area contributed by atoms with Gasteiger partial charge in [0.25, 0.3) is 0 Å². The highest BCUT2D eigenvalue weighted by atomic mass is 35.5. The number of fused-ring (bicyclic) bond motifs is 3. The quantitative estimate of drug-likeness (QED) is 0.304. The maximum absolute atomic E-state index is 13.6. The zero-order valence-corrected chi connectivity index (χ0v) is 22.7. The molecule has 0 aromatic rings. The van der Waals surface area contributed by atoms with E-state index >= 15 is 0 Å². The van der Waals surface area contributed by atoms with Crippen molar-refractivity contribution < 1.29 is 28.9 Å². The summed E-state index contributed by atoms with van der Waals surface area (Å²) in [6, 6.07) is 0. The van der Waals surface area contributed by atoms with Crippen LogP contribution in [0.1, 0.15) is 59.8 Å². The molecule has 0 spiro atoms. The molecule has 0 amide bonds. The van der Waals surface area contributed by atoms with Crippen LogP contribution in [0.2, 0.25) is 0 Å². The number of carboxylic acids is 1. The molecule has 1 unspecified atom stereocenters. The normalized spacial score (nSPS) is 55.1. The second kappa shape index (κ2) is 8.27. The fourth-order valence-electron chi connectivity index (χ4n) is 10.6. The molecule has 0 aromatic heterocycles. The van der Waals surface area contributed by atoms with Crippen LogP contribution in [0.4, 0.5) is 0 Å². The van der Waals surface area contributed by atoms with Crippen LogP contribution in [-0.2, 0) is 23.8 Å². The first-order chi connectivity index (χ1) is 17.0. The molecule has 36 heavy (non-hydrogen) atoms. The summed E-state index contributed by atoms with van der Waals surface area (Å²) in [6.45, 7) is 13.5. The van der Waals surface area contributed by atoms with Crippen LogP contribution in [0.3, 0.4) is 0 Å². The number of hydrogen-bond donors (Lipinski definition) is 1. The summed E-state index contributed by atoms with van der Waals surface area (Å²) in [7, 11) is 0. The Morgan fingerprint density at radius 1 is 1.28 bits per heavy atom. The number of carbonyl (C=O) groups is 2. The van der Waals surface area contributed by atoms with Crippen LogP contribution in [0.15, 0.2) is 12.2 Å². The van der Waals surface area contributed by atoms with E-state index in [1.165, 1.54) is 0 Å². The minimum atomic E-state index is -1.13. The SMILES string of the molecule is C=C1CO[C@@H]2[C@@H](C)O[C@@H](OC[C@@]34C[C@@H]5[C@H](C)[C@H](Cl)C[C@H]5[C@@]5(C=O)C[C@@H]3CC(C(C)C)[C@@]45C(=O)O)C[C@@H]12. The van der Waals surface area contributed by atoms with Crippen LogP contribution in [0.25, 0.3) is 0 Å². The maximum atomic E-state index is 13.6. The Morgan fingerprint density at radius 3 is 2.69 bits per heavy atom. The summed E-state index contributed by atoms with van der Waals surface area (Å²) in [6.07, 6.45) is 4.18. The lowest BCUT2D eigenvalue weighted by Gasteiger charge is -2.59. The topological polar surface area (TPSA) is 82.1 Å². The highest BCUT2D eigenvalue weighted by molar-refractivity contribution is 6.21. The van der Waals surface area contributed by atoms with Gasteiger partial charge in [-0.2, -0.15) is 0 Å². The van der Waals surface area contributed by atoms with Gasteiger partial charge in [-0.25, -0.2) is 0 Å². The van der Waals surface area contributed by atoms with Crippen molar-refractivity contribution in [1.29, 1.82) is 0 Å². The molecule has 200 valence electrons. The van der Waals surface area contributed by atoms with E-state index in [1.807, 2.05) is 6.92 Å². The van der Waals surface area contributed by atoms with Gasteiger partial charge >= 0.3 is 5.97 Å². The van der Waals surface area contributed by atoms with Gasteiger partial charge in [0.2, 0.25) is 0 Å². The van der Waals surface area contributed by atoms with Crippen molar-refractivity contribution in [2.75, 3.05) is 13.2 Å². The van der Waals surface area contributed by atoms with Crippen molar-refractivity contribution in [2.45, 2.75) is 83.7 Å². The molecule has 6 aliphatic rings. The number of carbonyl (C=O) groups excluding carboxylic acids is 1. The molecule has 0 aromatic carbocycles. The number of halogens is 1. The van der Waals surface area contributed by atoms with Gasteiger partial charge in [-0.15, -0.1) is 11.6 Å². The second-order valence-corrected chi connectivity index (χ2v) is 13.9. The molecule has 4 aliphatic carbocycles. The number of aldehydes is 1. The van der Waals surface area contributed by atoms with Crippen LogP contribution in [0, 0.1) is 57.7 Å². The molecule has 4 saturated carbocycles. The lowest BCUT2D eigenvalue weighted by atomic mass is 9.42. The summed E-state index contributed by atoms with van der Waals surface area (Å²) >= 11 is 6.81. The summed E-state index contributed by atoms with van der Waals surface area (Å²) in [4.78, 5) is 26.8. The zero-order chi connectivity index (χ0) is 25.8. The molecule has 6 rings (SSSR count). The molecule has 6 nitrogen and oxygen atoms in total. The van der Waals surface area contributed by atoms with E-state index in [2.05, 4.69) is 27.4 Å². The Bertz CT molecular complexity index is 967. The molecule has 0 radical (unpaired) electrons. The lowest BCUT2D eigenvalue weighted by molar-refractivity contribution is -0.253. The number of rotatable bonds is 6. The van der Waals surface area contributed by atoms with E-state index in [4.69, 9.17) is 25.8 Å². The average Bonchev–Trinajstić information content (AvgIpc) is 3.49. The average molecular weight is 521 g/mol. The minimum absolute atomic E-state index is 0.00648. The molecular formula is C29H41ClO6. The molecule has 2 saturated heterocycles. The smallest absolute Gasteiger partial charge is 0.311 e. The first-order valence-corrected chi connectivity index (χ1v) is 14.4. The van der Waals surface area contributed by atoms with Crippen LogP contribution in [0.5, 0.6) is 0 Å². The van der Waals surface area contributed by atoms with E-state index in [9.17, 15) is 14.7 Å². The molecule has 4 bridgehead atoms. The molecule has 13 atom stereocenters. The molecule has 2 heterocycles. The lowest BCUT2D eigenvalue weighted by Crippen LogP contribution is -2.65. The van der Waals surface area contributed by atoms with Crippen LogP contribution >= 0.6 is 11.6 Å². The standard InChI is InChI=1S/C29H41ClO6/c1-14(2)21-6-18-9-27(12-31)22-8-23(30)16(4)20(22)10-28(18,29(21,27)26(32)33)13-35-24-7-19-15(3)11-34-25(19)17(5)36-24/h12,14,16-25H,3,6-11,13H2,1-2,4-5H3,(H,32,33)/t16-,17+,18-,19-,20+,21?,22+,23+,24+,25+,27-,28-,29-/m0/s1. The monoisotopic (exact) mass is 520 g/mol. The van der Waals surface area contributed by atoms with Crippen LogP contribution < -0.4 is 0 Å².